The molecule has 1 aromatic rings. The predicted octanol–water partition coefficient (Wildman–Crippen LogP) is -0.0636. The summed E-state index contributed by atoms with van der Waals surface area (Å²) in [4.78, 5) is 37.3. The molecule has 0 aliphatic carbocycles. The number of rotatable bonds is 4. The van der Waals surface area contributed by atoms with E-state index >= 15 is 0 Å². The number of carbonyl (C=O) groups is 3. The first-order chi connectivity index (χ1) is 7.91. The summed E-state index contributed by atoms with van der Waals surface area (Å²) in [6.07, 6.45) is 0. The number of hydrogen-bond donors (Lipinski definition) is 2. The third kappa shape index (κ3) is 3.26. The highest BCUT2D eigenvalue weighted by Crippen LogP contribution is 2.03. The number of carboxylic acids is 2. The van der Waals surface area contributed by atoms with Gasteiger partial charge in [0.15, 0.2) is 0 Å². The van der Waals surface area contributed by atoms with E-state index in [-0.39, 0.29) is 11.4 Å². The number of carboxylic acid groups (broad SMARTS) is 2. The first-order valence-corrected chi connectivity index (χ1v) is 4.59. The Hall–Kier alpha value is -2.44. The van der Waals surface area contributed by atoms with Gasteiger partial charge in [-0.05, 0) is 12.1 Å². The molecule has 0 aromatic carbocycles. The van der Waals surface area contributed by atoms with Crippen molar-refractivity contribution in [1.82, 2.24) is 9.88 Å². The second kappa shape index (κ2) is 5.06. The maximum Gasteiger partial charge on any atom is 0.354 e. The summed E-state index contributed by atoms with van der Waals surface area (Å²) >= 11 is 0. The van der Waals surface area contributed by atoms with E-state index in [1.54, 1.807) is 0 Å². The molecule has 0 atom stereocenters. The lowest BCUT2D eigenvalue weighted by Crippen LogP contribution is -2.32. The van der Waals surface area contributed by atoms with Crippen LogP contribution < -0.4 is 0 Å². The lowest BCUT2D eigenvalue weighted by atomic mass is 10.2. The van der Waals surface area contributed by atoms with Gasteiger partial charge in [-0.15, -0.1) is 0 Å². The van der Waals surface area contributed by atoms with Crippen molar-refractivity contribution in [1.29, 1.82) is 0 Å². The van der Waals surface area contributed by atoms with Crippen LogP contribution in [0.15, 0.2) is 18.2 Å². The van der Waals surface area contributed by atoms with Crippen molar-refractivity contribution in [3.05, 3.63) is 29.6 Å². The molecule has 7 nitrogen and oxygen atoms in total. The Morgan fingerprint density at radius 3 is 2.35 bits per heavy atom. The number of aromatic carboxylic acids is 1. The summed E-state index contributed by atoms with van der Waals surface area (Å²) in [7, 11) is 1.30. The maximum absolute atomic E-state index is 11.7. The van der Waals surface area contributed by atoms with Crippen molar-refractivity contribution in [2.45, 2.75) is 0 Å². The molecule has 2 N–H and O–H groups in total. The van der Waals surface area contributed by atoms with E-state index in [2.05, 4.69) is 4.98 Å². The Morgan fingerprint density at radius 2 is 1.82 bits per heavy atom. The van der Waals surface area contributed by atoms with Gasteiger partial charge in [0.05, 0.1) is 0 Å². The van der Waals surface area contributed by atoms with Crippen molar-refractivity contribution in [2.24, 2.45) is 0 Å². The smallest absolute Gasteiger partial charge is 0.354 e. The Bertz CT molecular complexity index is 472. The molecule has 0 bridgehead atoms. The Labute approximate surface area is 96.3 Å². The maximum atomic E-state index is 11.7. The fraction of sp³-hybridized carbons (Fsp3) is 0.200. The zero-order chi connectivity index (χ0) is 13.0. The number of nitrogens with zero attached hydrogens (tertiary/aromatic N) is 2. The van der Waals surface area contributed by atoms with Crippen LogP contribution in [0, 0.1) is 0 Å². The summed E-state index contributed by atoms with van der Waals surface area (Å²) in [6.45, 7) is -0.474. The van der Waals surface area contributed by atoms with Gasteiger partial charge in [-0.2, -0.15) is 0 Å². The monoisotopic (exact) mass is 238 g/mol. The highest BCUT2D eigenvalue weighted by Gasteiger charge is 2.17. The van der Waals surface area contributed by atoms with E-state index in [4.69, 9.17) is 10.2 Å². The van der Waals surface area contributed by atoms with Crippen molar-refractivity contribution in [3.63, 3.8) is 0 Å². The summed E-state index contributed by atoms with van der Waals surface area (Å²) in [5.41, 5.74) is -0.367. The molecule has 0 spiro atoms. The highest BCUT2D eigenvalue weighted by molar-refractivity contribution is 5.95. The highest BCUT2D eigenvalue weighted by atomic mass is 16.4. The summed E-state index contributed by atoms with van der Waals surface area (Å²) < 4.78 is 0. The minimum atomic E-state index is -1.25. The van der Waals surface area contributed by atoms with Crippen LogP contribution in [0.2, 0.25) is 0 Å². The van der Waals surface area contributed by atoms with Gasteiger partial charge in [0.2, 0.25) is 0 Å². The van der Waals surface area contributed by atoms with Crippen LogP contribution in [0.1, 0.15) is 21.0 Å². The van der Waals surface area contributed by atoms with Crippen molar-refractivity contribution in [3.8, 4) is 0 Å². The molecule has 1 aromatic heterocycles. The molecule has 0 aliphatic rings. The fourth-order valence-electron chi connectivity index (χ4n) is 1.14. The SMILES string of the molecule is CN(CC(=O)O)C(=O)c1cccc(C(=O)O)n1. The average molecular weight is 238 g/mol. The van der Waals surface area contributed by atoms with Crippen LogP contribution in [0.4, 0.5) is 0 Å². The van der Waals surface area contributed by atoms with E-state index in [0.717, 1.165) is 4.90 Å². The first kappa shape index (κ1) is 12.6. The van der Waals surface area contributed by atoms with Gasteiger partial charge in [-0.25, -0.2) is 9.78 Å². The van der Waals surface area contributed by atoms with Crippen molar-refractivity contribution < 1.29 is 24.6 Å². The zero-order valence-electron chi connectivity index (χ0n) is 8.95. The molecule has 0 aliphatic heterocycles. The van der Waals surface area contributed by atoms with Crippen LogP contribution in [0.5, 0.6) is 0 Å². The Kier molecular flexibility index (Phi) is 3.76. The van der Waals surface area contributed by atoms with Crippen LogP contribution >= 0.6 is 0 Å². The van der Waals surface area contributed by atoms with Crippen LogP contribution in [-0.4, -0.2) is 51.5 Å². The number of pyridine rings is 1. The quantitative estimate of drug-likeness (QED) is 0.760. The van der Waals surface area contributed by atoms with Crippen molar-refractivity contribution in [2.75, 3.05) is 13.6 Å². The number of aromatic nitrogens is 1. The average Bonchev–Trinajstić information content (AvgIpc) is 2.27. The molecule has 0 unspecified atom stereocenters. The zero-order valence-corrected chi connectivity index (χ0v) is 8.95. The molecular weight excluding hydrogens is 228 g/mol. The summed E-state index contributed by atoms with van der Waals surface area (Å²) in [6, 6.07) is 3.95. The number of likely N-dealkylation sites (N-methyl/N-ethyl adjacent to an activating group) is 1. The van der Waals surface area contributed by atoms with Gasteiger partial charge in [-0.1, -0.05) is 6.07 Å². The minimum Gasteiger partial charge on any atom is -0.480 e. The number of carbonyl (C=O) groups excluding carboxylic acids is 1. The first-order valence-electron chi connectivity index (χ1n) is 4.59. The molecule has 0 fully saturated rings. The number of amides is 1. The third-order valence-electron chi connectivity index (χ3n) is 1.91. The summed E-state index contributed by atoms with van der Waals surface area (Å²) in [5, 5.41) is 17.2. The number of aliphatic carboxylic acids is 1. The molecule has 1 rings (SSSR count). The van der Waals surface area contributed by atoms with E-state index in [9.17, 15) is 14.4 Å². The lowest BCUT2D eigenvalue weighted by Gasteiger charge is -2.13. The van der Waals surface area contributed by atoms with Crippen LogP contribution in [0.25, 0.3) is 0 Å². The van der Waals surface area contributed by atoms with Gasteiger partial charge in [0, 0.05) is 7.05 Å². The van der Waals surface area contributed by atoms with Gasteiger partial charge >= 0.3 is 11.9 Å². The topological polar surface area (TPSA) is 108 Å². The molecule has 7 heteroatoms. The van der Waals surface area contributed by atoms with Gasteiger partial charge in [-0.3, -0.25) is 9.59 Å². The largest absolute Gasteiger partial charge is 0.480 e. The molecule has 0 saturated carbocycles. The Morgan fingerprint density at radius 1 is 1.24 bits per heavy atom. The fourth-order valence-corrected chi connectivity index (χ4v) is 1.14. The molecule has 90 valence electrons. The van der Waals surface area contributed by atoms with Gasteiger partial charge in [0.25, 0.3) is 5.91 Å². The molecule has 0 radical (unpaired) electrons. The third-order valence-corrected chi connectivity index (χ3v) is 1.91. The predicted molar refractivity (Wildman–Crippen MR) is 55.8 cm³/mol. The number of hydrogen-bond acceptors (Lipinski definition) is 4. The Balaban J connectivity index is 2.92. The normalized spacial score (nSPS) is 9.71. The molecule has 0 saturated heterocycles. The van der Waals surface area contributed by atoms with Gasteiger partial charge < -0.3 is 15.1 Å². The van der Waals surface area contributed by atoms with E-state index in [1.807, 2.05) is 0 Å². The van der Waals surface area contributed by atoms with Gasteiger partial charge in [0.1, 0.15) is 17.9 Å². The lowest BCUT2D eigenvalue weighted by molar-refractivity contribution is -0.137. The van der Waals surface area contributed by atoms with Crippen molar-refractivity contribution >= 4 is 17.8 Å². The van der Waals surface area contributed by atoms with Crippen LogP contribution in [-0.2, 0) is 4.79 Å². The second-order valence-electron chi connectivity index (χ2n) is 3.27. The van der Waals surface area contributed by atoms with E-state index in [1.165, 1.54) is 25.2 Å². The molecule has 1 heterocycles. The minimum absolute atomic E-state index is 0.103. The molecule has 1 amide bonds. The van der Waals surface area contributed by atoms with E-state index in [0.29, 0.717) is 0 Å². The van der Waals surface area contributed by atoms with Crippen LogP contribution in [0.3, 0.4) is 0 Å². The second-order valence-corrected chi connectivity index (χ2v) is 3.27. The molecular formula is C10H10N2O5. The molecule has 17 heavy (non-hydrogen) atoms. The standard InChI is InChI=1S/C10H10N2O5/c1-12(5-8(13)14)9(15)6-3-2-4-7(11-6)10(16)17/h2-4H,5H2,1H3,(H,13,14)(H,16,17). The summed E-state index contributed by atoms with van der Waals surface area (Å²) in [5.74, 6) is -3.05. The van der Waals surface area contributed by atoms with E-state index < -0.39 is 24.4 Å².